The van der Waals surface area contributed by atoms with Gasteiger partial charge in [0.05, 0.1) is 18.8 Å². The van der Waals surface area contributed by atoms with E-state index < -0.39 is 18.5 Å². The molecule has 0 saturated carbocycles. The Labute approximate surface area is 169 Å². The van der Waals surface area contributed by atoms with E-state index in [1.165, 1.54) is 11.8 Å². The Morgan fingerprint density at radius 1 is 1.03 bits per heavy atom. The number of hydrogen-bond donors (Lipinski definition) is 2. The third-order valence-electron chi connectivity index (χ3n) is 4.73. The number of hydrogen-bond acceptors (Lipinski definition) is 5. The van der Waals surface area contributed by atoms with Gasteiger partial charge in [0.2, 0.25) is 0 Å². The van der Waals surface area contributed by atoms with E-state index in [4.69, 9.17) is 9.47 Å². The molecule has 0 atom stereocenters. The number of benzene rings is 2. The normalized spacial score (nSPS) is 14.2. The highest BCUT2D eigenvalue weighted by molar-refractivity contribution is 5.98. The summed E-state index contributed by atoms with van der Waals surface area (Å²) in [5.41, 5.74) is 2.52. The number of carbonyl (C=O) groups is 3. The van der Waals surface area contributed by atoms with E-state index in [-0.39, 0.29) is 5.78 Å². The molecule has 1 aliphatic heterocycles. The standard InChI is InChI=1S/C22H24N2O5/c1-16(25)19-3-2-4-20(13-19)23-21(26)15-29-22(27)18-7-5-17(6-8-18)14-24-9-11-28-12-10-24/h2-8,13H,9-12,14-15H2,1H3,(H,23,26)/p+1. The second kappa shape index (κ2) is 9.95. The lowest BCUT2D eigenvalue weighted by Crippen LogP contribution is -3.12. The van der Waals surface area contributed by atoms with Crippen LogP contribution in [-0.4, -0.2) is 50.6 Å². The second-order valence-electron chi connectivity index (χ2n) is 7.00. The van der Waals surface area contributed by atoms with Gasteiger partial charge >= 0.3 is 5.97 Å². The van der Waals surface area contributed by atoms with Crippen molar-refractivity contribution in [1.29, 1.82) is 0 Å². The van der Waals surface area contributed by atoms with Crippen molar-refractivity contribution in [3.8, 4) is 0 Å². The van der Waals surface area contributed by atoms with Gasteiger partial charge < -0.3 is 19.7 Å². The smallest absolute Gasteiger partial charge is 0.338 e. The number of quaternary nitrogens is 1. The number of nitrogens with one attached hydrogen (secondary N) is 2. The first-order chi connectivity index (χ1) is 14.0. The van der Waals surface area contributed by atoms with Gasteiger partial charge in [-0.05, 0) is 31.2 Å². The minimum atomic E-state index is -0.553. The molecular formula is C22H25N2O5+. The number of amides is 1. The van der Waals surface area contributed by atoms with Crippen molar-refractivity contribution >= 4 is 23.3 Å². The zero-order valence-corrected chi connectivity index (χ0v) is 16.4. The summed E-state index contributed by atoms with van der Waals surface area (Å²) in [6, 6.07) is 13.8. The van der Waals surface area contributed by atoms with E-state index >= 15 is 0 Å². The third-order valence-corrected chi connectivity index (χ3v) is 4.73. The quantitative estimate of drug-likeness (QED) is 0.540. The summed E-state index contributed by atoms with van der Waals surface area (Å²) in [5.74, 6) is -1.11. The Morgan fingerprint density at radius 3 is 2.45 bits per heavy atom. The number of carbonyl (C=O) groups excluding carboxylic acids is 3. The minimum absolute atomic E-state index is 0.0915. The van der Waals surface area contributed by atoms with Gasteiger partial charge in [0.25, 0.3) is 5.91 Å². The molecule has 3 rings (SSSR count). The fourth-order valence-electron chi connectivity index (χ4n) is 3.11. The maximum absolute atomic E-state index is 12.2. The van der Waals surface area contributed by atoms with E-state index in [1.807, 2.05) is 12.1 Å². The highest BCUT2D eigenvalue weighted by atomic mass is 16.5. The molecule has 1 saturated heterocycles. The van der Waals surface area contributed by atoms with Crippen molar-refractivity contribution in [2.45, 2.75) is 13.5 Å². The average Bonchev–Trinajstić information content (AvgIpc) is 2.73. The largest absolute Gasteiger partial charge is 0.452 e. The van der Waals surface area contributed by atoms with Crippen molar-refractivity contribution in [3.63, 3.8) is 0 Å². The number of rotatable bonds is 7. The van der Waals surface area contributed by atoms with Crippen LogP contribution in [0.15, 0.2) is 48.5 Å². The first-order valence-corrected chi connectivity index (χ1v) is 9.59. The molecule has 1 fully saturated rings. The summed E-state index contributed by atoms with van der Waals surface area (Å²) >= 11 is 0. The predicted octanol–water partition coefficient (Wildman–Crippen LogP) is 1.10. The average molecular weight is 397 g/mol. The molecule has 0 spiro atoms. The SMILES string of the molecule is CC(=O)c1cccc(NC(=O)COC(=O)c2ccc(C[NH+]3CCOCC3)cc2)c1. The highest BCUT2D eigenvalue weighted by Crippen LogP contribution is 2.11. The molecule has 7 nitrogen and oxygen atoms in total. The van der Waals surface area contributed by atoms with Crippen LogP contribution in [0.5, 0.6) is 0 Å². The van der Waals surface area contributed by atoms with E-state index in [2.05, 4.69) is 5.32 Å². The zero-order valence-electron chi connectivity index (χ0n) is 16.4. The number of Topliss-reactive ketones (excluding diaryl/α,β-unsaturated/α-hetero) is 1. The molecule has 7 heteroatoms. The molecule has 152 valence electrons. The van der Waals surface area contributed by atoms with Crippen LogP contribution in [0.4, 0.5) is 5.69 Å². The van der Waals surface area contributed by atoms with Gasteiger partial charge in [-0.1, -0.05) is 24.3 Å². The lowest BCUT2D eigenvalue weighted by atomic mass is 10.1. The van der Waals surface area contributed by atoms with E-state index in [0.717, 1.165) is 38.4 Å². The van der Waals surface area contributed by atoms with Crippen LogP contribution >= 0.6 is 0 Å². The Hall–Kier alpha value is -3.03. The molecule has 2 N–H and O–H groups in total. The van der Waals surface area contributed by atoms with Crippen molar-refractivity contribution in [3.05, 3.63) is 65.2 Å². The summed E-state index contributed by atoms with van der Waals surface area (Å²) < 4.78 is 10.4. The second-order valence-corrected chi connectivity index (χ2v) is 7.00. The molecule has 0 aromatic heterocycles. The van der Waals surface area contributed by atoms with Gasteiger partial charge in [-0.3, -0.25) is 9.59 Å². The van der Waals surface area contributed by atoms with Gasteiger partial charge in [-0.15, -0.1) is 0 Å². The van der Waals surface area contributed by atoms with Crippen LogP contribution in [0.3, 0.4) is 0 Å². The van der Waals surface area contributed by atoms with Crippen LogP contribution in [-0.2, 0) is 20.8 Å². The van der Waals surface area contributed by atoms with Crippen LogP contribution in [0.2, 0.25) is 0 Å². The van der Waals surface area contributed by atoms with E-state index in [0.29, 0.717) is 16.8 Å². The Morgan fingerprint density at radius 2 is 1.76 bits per heavy atom. The molecule has 1 amide bonds. The van der Waals surface area contributed by atoms with Crippen LogP contribution in [0.1, 0.15) is 33.2 Å². The van der Waals surface area contributed by atoms with Crippen molar-refractivity contribution in [2.24, 2.45) is 0 Å². The Balaban J connectivity index is 1.47. The Kier molecular flexibility index (Phi) is 7.10. The van der Waals surface area contributed by atoms with Crippen LogP contribution in [0.25, 0.3) is 0 Å². The maximum atomic E-state index is 12.2. The number of anilines is 1. The van der Waals surface area contributed by atoms with Crippen LogP contribution in [0, 0.1) is 0 Å². The molecule has 1 heterocycles. The number of ether oxygens (including phenoxy) is 2. The van der Waals surface area contributed by atoms with E-state index in [9.17, 15) is 14.4 Å². The van der Waals surface area contributed by atoms with Gasteiger partial charge in [0, 0.05) is 16.8 Å². The summed E-state index contributed by atoms with van der Waals surface area (Å²) in [6.45, 7) is 5.46. The summed E-state index contributed by atoms with van der Waals surface area (Å²) in [4.78, 5) is 37.1. The first kappa shape index (κ1) is 20.7. The molecule has 2 aromatic carbocycles. The molecule has 29 heavy (non-hydrogen) atoms. The zero-order chi connectivity index (χ0) is 20.6. The van der Waals surface area contributed by atoms with Gasteiger partial charge in [0.1, 0.15) is 19.6 Å². The monoisotopic (exact) mass is 397 g/mol. The summed E-state index contributed by atoms with van der Waals surface area (Å²) in [6.07, 6.45) is 0. The maximum Gasteiger partial charge on any atom is 0.338 e. The third kappa shape index (κ3) is 6.23. The summed E-state index contributed by atoms with van der Waals surface area (Å²) in [5, 5.41) is 2.62. The predicted molar refractivity (Wildman–Crippen MR) is 107 cm³/mol. The van der Waals surface area contributed by atoms with Crippen molar-refractivity contribution in [1.82, 2.24) is 0 Å². The fraction of sp³-hybridized carbons (Fsp3) is 0.318. The Bertz CT molecular complexity index is 873. The lowest BCUT2D eigenvalue weighted by molar-refractivity contribution is -0.921. The molecule has 2 aromatic rings. The van der Waals surface area contributed by atoms with Crippen LogP contribution < -0.4 is 10.2 Å². The number of ketones is 1. The summed E-state index contributed by atoms with van der Waals surface area (Å²) in [7, 11) is 0. The molecule has 0 aliphatic carbocycles. The lowest BCUT2D eigenvalue weighted by Gasteiger charge is -2.23. The number of esters is 1. The van der Waals surface area contributed by atoms with Crippen molar-refractivity contribution < 1.29 is 28.8 Å². The molecule has 0 radical (unpaired) electrons. The molecule has 0 unspecified atom stereocenters. The molecular weight excluding hydrogens is 372 g/mol. The number of morpholine rings is 1. The van der Waals surface area contributed by atoms with Gasteiger partial charge in [0.15, 0.2) is 12.4 Å². The highest BCUT2D eigenvalue weighted by Gasteiger charge is 2.15. The van der Waals surface area contributed by atoms with E-state index in [1.54, 1.807) is 36.4 Å². The first-order valence-electron chi connectivity index (χ1n) is 9.59. The van der Waals surface area contributed by atoms with Gasteiger partial charge in [-0.2, -0.15) is 0 Å². The van der Waals surface area contributed by atoms with Crippen molar-refractivity contribution in [2.75, 3.05) is 38.2 Å². The topological polar surface area (TPSA) is 86.1 Å². The fourth-order valence-corrected chi connectivity index (χ4v) is 3.11. The molecule has 0 bridgehead atoms. The molecule has 1 aliphatic rings. The minimum Gasteiger partial charge on any atom is -0.452 e. The van der Waals surface area contributed by atoms with Gasteiger partial charge in [-0.25, -0.2) is 4.79 Å².